The second kappa shape index (κ2) is 6.98. The number of phenols is 1. The lowest BCUT2D eigenvalue weighted by molar-refractivity contribution is -0.137. The van der Waals surface area contributed by atoms with Crippen LogP contribution in [0.15, 0.2) is 24.3 Å². The molecule has 3 amide bonds. The van der Waals surface area contributed by atoms with Gasteiger partial charge in [0.05, 0.1) is 6.54 Å². The molecule has 1 aromatic rings. The van der Waals surface area contributed by atoms with Gasteiger partial charge in [0.15, 0.2) is 0 Å². The van der Waals surface area contributed by atoms with Crippen LogP contribution in [0.3, 0.4) is 0 Å². The molecule has 0 heterocycles. The van der Waals surface area contributed by atoms with Crippen molar-refractivity contribution in [1.29, 1.82) is 0 Å². The smallest absolute Gasteiger partial charge is 0.322 e. The minimum atomic E-state index is -1.17. The van der Waals surface area contributed by atoms with Gasteiger partial charge in [-0.05, 0) is 12.1 Å². The molecule has 0 aliphatic carbocycles. The number of hydrogen-bond donors (Lipinski definition) is 4. The number of phenolic OH excluding ortho intramolecular Hbond substituents is 1. The van der Waals surface area contributed by atoms with Crippen LogP contribution in [0.1, 0.15) is 0 Å². The second-order valence-corrected chi connectivity index (χ2v) is 3.91. The minimum Gasteiger partial charge on any atom is -0.508 e. The molecule has 8 nitrogen and oxygen atoms in total. The Balaban J connectivity index is 2.46. The topological polar surface area (TPSA) is 119 Å². The van der Waals surface area contributed by atoms with E-state index < -0.39 is 24.5 Å². The van der Waals surface area contributed by atoms with Crippen LogP contribution in [0.25, 0.3) is 0 Å². The molecule has 108 valence electrons. The van der Waals surface area contributed by atoms with Gasteiger partial charge in [-0.2, -0.15) is 0 Å². The van der Waals surface area contributed by atoms with Crippen molar-refractivity contribution in [3.05, 3.63) is 24.3 Å². The highest BCUT2D eigenvalue weighted by atomic mass is 16.4. The Morgan fingerprint density at radius 1 is 1.20 bits per heavy atom. The molecule has 0 spiro atoms. The van der Waals surface area contributed by atoms with E-state index in [9.17, 15) is 19.5 Å². The van der Waals surface area contributed by atoms with Crippen LogP contribution in [0.2, 0.25) is 0 Å². The highest BCUT2D eigenvalue weighted by Crippen LogP contribution is 2.18. The maximum absolute atomic E-state index is 11.7. The summed E-state index contributed by atoms with van der Waals surface area (Å²) in [6.45, 7) is -0.841. The number of benzene rings is 1. The highest BCUT2D eigenvalue weighted by Gasteiger charge is 2.12. The van der Waals surface area contributed by atoms with Crippen LogP contribution in [0, 0.1) is 0 Å². The van der Waals surface area contributed by atoms with E-state index in [-0.39, 0.29) is 12.3 Å². The van der Waals surface area contributed by atoms with Crippen molar-refractivity contribution >= 4 is 23.6 Å². The first-order valence-electron chi connectivity index (χ1n) is 5.69. The quantitative estimate of drug-likeness (QED) is 0.593. The number of aliphatic carboxylic acids is 1. The zero-order valence-corrected chi connectivity index (χ0v) is 10.8. The van der Waals surface area contributed by atoms with Crippen molar-refractivity contribution in [3.8, 4) is 5.75 Å². The third-order valence-electron chi connectivity index (χ3n) is 2.36. The summed E-state index contributed by atoms with van der Waals surface area (Å²) in [4.78, 5) is 34.4. The number of anilines is 1. The molecule has 0 aliphatic rings. The van der Waals surface area contributed by atoms with E-state index in [1.54, 1.807) is 12.1 Å². The summed E-state index contributed by atoms with van der Waals surface area (Å²) in [6.07, 6.45) is 0. The Morgan fingerprint density at radius 3 is 2.50 bits per heavy atom. The number of rotatable bonds is 5. The largest absolute Gasteiger partial charge is 0.508 e. The van der Waals surface area contributed by atoms with Gasteiger partial charge in [-0.3, -0.25) is 14.5 Å². The molecule has 1 aromatic carbocycles. The van der Waals surface area contributed by atoms with E-state index >= 15 is 0 Å². The third kappa shape index (κ3) is 4.84. The van der Waals surface area contributed by atoms with Crippen molar-refractivity contribution in [3.63, 3.8) is 0 Å². The molecule has 8 heteroatoms. The molecule has 0 bridgehead atoms. The zero-order chi connectivity index (χ0) is 15.1. The van der Waals surface area contributed by atoms with Gasteiger partial charge in [0.1, 0.15) is 12.3 Å². The number of hydrogen-bond acceptors (Lipinski definition) is 4. The predicted octanol–water partition coefficient (Wildman–Crippen LogP) is -0.261. The number of amides is 3. The number of nitrogens with one attached hydrogen (secondary N) is 2. The van der Waals surface area contributed by atoms with Crippen molar-refractivity contribution in [2.75, 3.05) is 25.0 Å². The Hall–Kier alpha value is -2.77. The summed E-state index contributed by atoms with van der Waals surface area (Å²) in [5.74, 6) is -1.76. The van der Waals surface area contributed by atoms with Gasteiger partial charge in [-0.15, -0.1) is 0 Å². The fourth-order valence-corrected chi connectivity index (χ4v) is 1.33. The van der Waals surface area contributed by atoms with E-state index in [0.29, 0.717) is 5.69 Å². The standard InChI is InChI=1S/C12H15N3O5/c1-15(8-3-2-4-9(16)5-8)12(20)14-6-10(17)13-7-11(18)19/h2-5,16H,6-7H2,1H3,(H,13,17)(H,14,20)(H,18,19). The molecule has 0 fully saturated rings. The molecule has 4 N–H and O–H groups in total. The van der Waals surface area contributed by atoms with Crippen LogP contribution in [-0.4, -0.2) is 48.3 Å². The van der Waals surface area contributed by atoms with Gasteiger partial charge < -0.3 is 20.8 Å². The van der Waals surface area contributed by atoms with Crippen LogP contribution >= 0.6 is 0 Å². The lowest BCUT2D eigenvalue weighted by Gasteiger charge is -2.18. The van der Waals surface area contributed by atoms with Crippen molar-refractivity contribution in [1.82, 2.24) is 10.6 Å². The highest BCUT2D eigenvalue weighted by molar-refractivity contribution is 5.94. The van der Waals surface area contributed by atoms with Gasteiger partial charge in [0, 0.05) is 18.8 Å². The molecule has 0 aromatic heterocycles. The summed E-state index contributed by atoms with van der Waals surface area (Å²) in [5, 5.41) is 22.1. The average Bonchev–Trinajstić information content (AvgIpc) is 2.41. The Bertz CT molecular complexity index is 518. The van der Waals surface area contributed by atoms with Crippen molar-refractivity contribution in [2.45, 2.75) is 0 Å². The summed E-state index contributed by atoms with van der Waals surface area (Å²) < 4.78 is 0. The van der Waals surface area contributed by atoms with E-state index in [4.69, 9.17) is 5.11 Å². The first-order chi connectivity index (χ1) is 9.40. The fraction of sp³-hybridized carbons (Fsp3) is 0.250. The fourth-order valence-electron chi connectivity index (χ4n) is 1.33. The summed E-state index contributed by atoms with van der Waals surface area (Å²) in [7, 11) is 1.47. The van der Waals surface area contributed by atoms with Gasteiger partial charge in [-0.25, -0.2) is 4.79 Å². The lowest BCUT2D eigenvalue weighted by Crippen LogP contribution is -2.43. The third-order valence-corrected chi connectivity index (χ3v) is 2.36. The molecule has 0 saturated heterocycles. The normalized spacial score (nSPS) is 9.65. The number of urea groups is 1. The lowest BCUT2D eigenvalue weighted by atomic mass is 10.3. The number of nitrogens with zero attached hydrogens (tertiary/aromatic N) is 1. The van der Waals surface area contributed by atoms with Gasteiger partial charge in [0.25, 0.3) is 0 Å². The van der Waals surface area contributed by atoms with E-state index in [2.05, 4.69) is 10.6 Å². The number of aromatic hydroxyl groups is 1. The van der Waals surface area contributed by atoms with Gasteiger partial charge >= 0.3 is 12.0 Å². The number of carbonyl (C=O) groups is 3. The van der Waals surface area contributed by atoms with E-state index in [1.807, 2.05) is 0 Å². The first-order valence-corrected chi connectivity index (χ1v) is 5.69. The van der Waals surface area contributed by atoms with Crippen LogP contribution in [0.5, 0.6) is 5.75 Å². The average molecular weight is 281 g/mol. The Labute approximate surface area is 115 Å². The number of carboxylic acid groups (broad SMARTS) is 1. The van der Waals surface area contributed by atoms with Crippen LogP contribution in [-0.2, 0) is 9.59 Å². The summed E-state index contributed by atoms with van der Waals surface area (Å²) >= 11 is 0. The van der Waals surface area contributed by atoms with Crippen LogP contribution in [0.4, 0.5) is 10.5 Å². The predicted molar refractivity (Wildman–Crippen MR) is 70.6 cm³/mol. The Morgan fingerprint density at radius 2 is 1.90 bits per heavy atom. The summed E-state index contributed by atoms with van der Waals surface area (Å²) in [6, 6.07) is 5.50. The van der Waals surface area contributed by atoms with Crippen molar-refractivity contribution in [2.24, 2.45) is 0 Å². The first kappa shape index (κ1) is 15.3. The number of carbonyl (C=O) groups excluding carboxylic acids is 2. The molecule has 0 atom stereocenters. The number of carboxylic acids is 1. The molecular formula is C12H15N3O5. The summed E-state index contributed by atoms with van der Waals surface area (Å²) in [5.41, 5.74) is 0.452. The van der Waals surface area contributed by atoms with Crippen LogP contribution < -0.4 is 15.5 Å². The maximum atomic E-state index is 11.7. The zero-order valence-electron chi connectivity index (χ0n) is 10.8. The van der Waals surface area contributed by atoms with E-state index in [0.717, 1.165) is 0 Å². The molecule has 0 unspecified atom stereocenters. The van der Waals surface area contributed by atoms with Gasteiger partial charge in [-0.1, -0.05) is 6.07 Å². The molecule has 20 heavy (non-hydrogen) atoms. The molecule has 0 saturated carbocycles. The van der Waals surface area contributed by atoms with E-state index in [1.165, 1.54) is 24.1 Å². The molecule has 0 aliphatic heterocycles. The maximum Gasteiger partial charge on any atom is 0.322 e. The molecular weight excluding hydrogens is 266 g/mol. The SMILES string of the molecule is CN(C(=O)NCC(=O)NCC(=O)O)c1cccc(O)c1. The molecule has 1 rings (SSSR count). The Kier molecular flexibility index (Phi) is 5.33. The monoisotopic (exact) mass is 281 g/mol. The minimum absolute atomic E-state index is 0.0151. The second-order valence-electron chi connectivity index (χ2n) is 3.91. The van der Waals surface area contributed by atoms with Crippen molar-refractivity contribution < 1.29 is 24.6 Å². The molecule has 0 radical (unpaired) electrons. The van der Waals surface area contributed by atoms with Gasteiger partial charge in [0.2, 0.25) is 5.91 Å².